The van der Waals surface area contributed by atoms with Crippen LogP contribution in [0.2, 0.25) is 0 Å². The van der Waals surface area contributed by atoms with Crippen molar-refractivity contribution in [2.45, 2.75) is 59.5 Å². The van der Waals surface area contributed by atoms with Crippen LogP contribution in [-0.2, 0) is 4.79 Å². The fourth-order valence-corrected chi connectivity index (χ4v) is 3.95. The van der Waals surface area contributed by atoms with Gasteiger partial charge in [0.15, 0.2) is 5.78 Å². The molecule has 0 aromatic heterocycles. The third-order valence-corrected chi connectivity index (χ3v) is 5.38. The molecule has 1 fully saturated rings. The average Bonchev–Trinajstić information content (AvgIpc) is 2.42. The van der Waals surface area contributed by atoms with Crippen molar-refractivity contribution < 1.29 is 9.90 Å². The monoisotopic (exact) mass is 302 g/mol. The molecule has 1 N–H and O–H groups in total. The Bertz CT molecular complexity index is 530. The SMILES string of the molecule is C=C(CCC=C(C)C)[C@@H]1C[C@@H]2C=C(C(C)C)[C@H]1C(=O)[C@@]2(C)O. The zero-order chi connectivity index (χ0) is 16.7. The number of carbonyl (C=O) groups excluding carboxylic acids is 1. The fourth-order valence-electron chi connectivity index (χ4n) is 3.95. The van der Waals surface area contributed by atoms with Crippen molar-refractivity contribution in [1.29, 1.82) is 0 Å². The van der Waals surface area contributed by atoms with Gasteiger partial charge >= 0.3 is 0 Å². The van der Waals surface area contributed by atoms with Gasteiger partial charge in [-0.15, -0.1) is 0 Å². The zero-order valence-electron chi connectivity index (χ0n) is 14.6. The zero-order valence-corrected chi connectivity index (χ0v) is 14.6. The summed E-state index contributed by atoms with van der Waals surface area (Å²) in [7, 11) is 0. The van der Waals surface area contributed by atoms with Crippen LogP contribution in [0.5, 0.6) is 0 Å². The molecule has 4 atom stereocenters. The highest BCUT2D eigenvalue weighted by Crippen LogP contribution is 2.51. The number of aliphatic hydroxyl groups is 1. The standard InChI is InChI=1S/C20H30O2/c1-12(2)8-7-9-14(5)17-11-15-10-16(13(3)4)18(17)19(21)20(15,6)22/h8,10,13,15,17-18,22H,5,7,9,11H2,1-4,6H3/t15-,17-,18+,20-/m0/s1. The third-order valence-electron chi connectivity index (χ3n) is 5.38. The molecule has 2 nitrogen and oxygen atoms in total. The van der Waals surface area contributed by atoms with Gasteiger partial charge in [-0.2, -0.15) is 0 Å². The lowest BCUT2D eigenvalue weighted by molar-refractivity contribution is -0.152. The van der Waals surface area contributed by atoms with Gasteiger partial charge in [-0.3, -0.25) is 4.79 Å². The summed E-state index contributed by atoms with van der Waals surface area (Å²) in [5.74, 6) is 0.321. The molecule has 3 aliphatic carbocycles. The predicted molar refractivity (Wildman–Crippen MR) is 91.4 cm³/mol. The highest BCUT2D eigenvalue weighted by molar-refractivity contribution is 5.94. The maximum Gasteiger partial charge on any atom is 0.172 e. The molecule has 0 aromatic rings. The second-order valence-corrected chi connectivity index (χ2v) is 7.74. The lowest BCUT2D eigenvalue weighted by Gasteiger charge is -2.50. The molecule has 0 aromatic carbocycles. The minimum absolute atomic E-state index is 0.00307. The smallest absolute Gasteiger partial charge is 0.172 e. The Morgan fingerprint density at radius 1 is 1.50 bits per heavy atom. The van der Waals surface area contributed by atoms with E-state index in [0.29, 0.717) is 5.92 Å². The summed E-state index contributed by atoms with van der Waals surface area (Å²) >= 11 is 0. The van der Waals surface area contributed by atoms with E-state index in [1.807, 2.05) is 0 Å². The minimum atomic E-state index is -1.19. The van der Waals surface area contributed by atoms with Gasteiger partial charge in [0, 0.05) is 11.8 Å². The van der Waals surface area contributed by atoms with Crippen molar-refractivity contribution in [1.82, 2.24) is 0 Å². The first-order valence-corrected chi connectivity index (χ1v) is 8.45. The first-order valence-electron chi connectivity index (χ1n) is 8.45. The van der Waals surface area contributed by atoms with E-state index < -0.39 is 5.60 Å². The first-order chi connectivity index (χ1) is 10.2. The number of allylic oxidation sites excluding steroid dienone is 4. The van der Waals surface area contributed by atoms with E-state index in [9.17, 15) is 9.90 Å². The molecule has 0 aliphatic heterocycles. The van der Waals surface area contributed by atoms with E-state index in [4.69, 9.17) is 0 Å². The second kappa shape index (κ2) is 6.16. The number of hydrogen-bond donors (Lipinski definition) is 1. The topological polar surface area (TPSA) is 37.3 Å². The number of fused-ring (bicyclic) bond motifs is 2. The maximum absolute atomic E-state index is 12.8. The highest BCUT2D eigenvalue weighted by Gasteiger charge is 2.55. The fraction of sp³-hybridized carbons (Fsp3) is 0.650. The minimum Gasteiger partial charge on any atom is -0.382 e. The highest BCUT2D eigenvalue weighted by atomic mass is 16.3. The van der Waals surface area contributed by atoms with Crippen LogP contribution in [0.15, 0.2) is 35.5 Å². The van der Waals surface area contributed by atoms with Crippen LogP contribution in [-0.4, -0.2) is 16.5 Å². The Balaban J connectivity index is 2.22. The molecule has 2 bridgehead atoms. The lowest BCUT2D eigenvalue weighted by atomic mass is 9.55. The van der Waals surface area contributed by atoms with Gasteiger partial charge in [-0.05, 0) is 51.9 Å². The first kappa shape index (κ1) is 17.2. The van der Waals surface area contributed by atoms with Gasteiger partial charge in [0.2, 0.25) is 0 Å². The van der Waals surface area contributed by atoms with E-state index in [1.54, 1.807) is 6.92 Å². The molecule has 0 saturated heterocycles. The molecule has 0 spiro atoms. The summed E-state index contributed by atoms with van der Waals surface area (Å²) in [5, 5.41) is 10.5. The second-order valence-electron chi connectivity index (χ2n) is 7.74. The van der Waals surface area contributed by atoms with Gasteiger partial charge in [0.25, 0.3) is 0 Å². The van der Waals surface area contributed by atoms with Gasteiger partial charge in [0.05, 0.1) is 0 Å². The van der Waals surface area contributed by atoms with Crippen LogP contribution in [0, 0.1) is 23.7 Å². The summed E-state index contributed by atoms with van der Waals surface area (Å²) < 4.78 is 0. The molecular weight excluding hydrogens is 272 g/mol. The number of carbonyl (C=O) groups is 1. The molecule has 0 heterocycles. The van der Waals surface area contributed by atoms with Gasteiger partial charge in [0.1, 0.15) is 5.60 Å². The average molecular weight is 302 g/mol. The summed E-state index contributed by atoms with van der Waals surface area (Å²) in [5.41, 5.74) is 2.50. The van der Waals surface area contributed by atoms with Crippen molar-refractivity contribution in [2.24, 2.45) is 23.7 Å². The summed E-state index contributed by atoms with van der Waals surface area (Å²) in [6.07, 6.45) is 7.16. The Morgan fingerprint density at radius 3 is 2.64 bits per heavy atom. The molecule has 22 heavy (non-hydrogen) atoms. The maximum atomic E-state index is 12.8. The summed E-state index contributed by atoms with van der Waals surface area (Å²) in [6, 6.07) is 0. The molecule has 1 saturated carbocycles. The van der Waals surface area contributed by atoms with Crippen molar-refractivity contribution in [3.63, 3.8) is 0 Å². The lowest BCUT2D eigenvalue weighted by Crippen LogP contribution is -2.57. The molecule has 122 valence electrons. The number of ketones is 1. The van der Waals surface area contributed by atoms with E-state index >= 15 is 0 Å². The normalized spacial score (nSPS) is 33.9. The molecular formula is C20H30O2. The summed E-state index contributed by atoms with van der Waals surface area (Å²) in [4.78, 5) is 12.8. The van der Waals surface area contributed by atoms with Crippen LogP contribution in [0.3, 0.4) is 0 Å². The predicted octanol–water partition coefficient (Wildman–Crippen LogP) is 4.46. The quantitative estimate of drug-likeness (QED) is 0.761. The van der Waals surface area contributed by atoms with E-state index in [1.165, 1.54) is 16.7 Å². The number of hydrogen-bond acceptors (Lipinski definition) is 2. The largest absolute Gasteiger partial charge is 0.382 e. The molecule has 3 rings (SSSR count). The van der Waals surface area contributed by atoms with Crippen LogP contribution in [0.1, 0.15) is 53.9 Å². The Labute approximate surface area is 135 Å². The number of rotatable bonds is 5. The van der Waals surface area contributed by atoms with Crippen molar-refractivity contribution in [2.75, 3.05) is 0 Å². The number of Topliss-reactive ketones (excluding diaryl/α,β-unsaturated/α-hetero) is 1. The van der Waals surface area contributed by atoms with Gasteiger partial charge in [-0.1, -0.05) is 49.3 Å². The van der Waals surface area contributed by atoms with Gasteiger partial charge < -0.3 is 5.11 Å². The molecule has 2 heteroatoms. The Hall–Kier alpha value is -1.15. The molecule has 3 aliphatic rings. The van der Waals surface area contributed by atoms with Crippen LogP contribution >= 0.6 is 0 Å². The Kier molecular flexibility index (Phi) is 4.81. The van der Waals surface area contributed by atoms with Gasteiger partial charge in [-0.25, -0.2) is 0 Å². The van der Waals surface area contributed by atoms with Crippen LogP contribution < -0.4 is 0 Å². The Morgan fingerprint density at radius 2 is 2.14 bits per heavy atom. The van der Waals surface area contributed by atoms with Crippen LogP contribution in [0.4, 0.5) is 0 Å². The third kappa shape index (κ3) is 2.99. The molecule has 0 radical (unpaired) electrons. The van der Waals surface area contributed by atoms with E-state index in [2.05, 4.69) is 46.4 Å². The summed E-state index contributed by atoms with van der Waals surface area (Å²) in [6.45, 7) is 14.4. The van der Waals surface area contributed by atoms with Crippen molar-refractivity contribution in [3.8, 4) is 0 Å². The van der Waals surface area contributed by atoms with Crippen LogP contribution in [0.25, 0.3) is 0 Å². The van der Waals surface area contributed by atoms with Crippen molar-refractivity contribution in [3.05, 3.63) is 35.5 Å². The molecule has 0 amide bonds. The molecule has 0 unspecified atom stereocenters. The van der Waals surface area contributed by atoms with E-state index in [0.717, 1.165) is 19.3 Å². The van der Waals surface area contributed by atoms with E-state index in [-0.39, 0.29) is 23.5 Å². The van der Waals surface area contributed by atoms with Crippen molar-refractivity contribution >= 4 is 5.78 Å².